The number of ether oxygens (including phenoxy) is 1. The summed E-state index contributed by atoms with van der Waals surface area (Å²) in [6.45, 7) is 6.44. The number of thiophene rings is 1. The normalized spacial score (nSPS) is 16.7. The summed E-state index contributed by atoms with van der Waals surface area (Å²) in [4.78, 5) is 33.4. The first-order chi connectivity index (χ1) is 17.6. The zero-order valence-electron chi connectivity index (χ0n) is 21.2. The number of carboxylic acids is 1. The topological polar surface area (TPSA) is 137 Å². The number of amides is 2. The summed E-state index contributed by atoms with van der Waals surface area (Å²) in [5, 5.41) is 31.2. The van der Waals surface area contributed by atoms with Gasteiger partial charge in [0.2, 0.25) is 5.89 Å². The van der Waals surface area contributed by atoms with Gasteiger partial charge in [-0.3, -0.25) is 9.80 Å². The van der Waals surface area contributed by atoms with E-state index in [-0.39, 0.29) is 19.8 Å². The molecule has 1 aliphatic rings. The molecule has 4 rings (SSSR count). The molecule has 0 aliphatic carbocycles. The summed E-state index contributed by atoms with van der Waals surface area (Å²) >= 11 is 1.24. The van der Waals surface area contributed by atoms with Gasteiger partial charge in [0.05, 0.1) is 30.8 Å². The number of urea groups is 1. The van der Waals surface area contributed by atoms with Crippen molar-refractivity contribution < 1.29 is 34.1 Å². The lowest BCUT2D eigenvalue weighted by atomic mass is 9.97. The number of hydrogen-bond donors (Lipinski definition) is 3. The second-order valence-corrected chi connectivity index (χ2v) is 10.2. The fourth-order valence-electron chi connectivity index (χ4n) is 4.59. The van der Waals surface area contributed by atoms with Gasteiger partial charge in [0.15, 0.2) is 6.23 Å². The van der Waals surface area contributed by atoms with Crippen LogP contribution in [-0.2, 0) is 16.0 Å². The predicted molar refractivity (Wildman–Crippen MR) is 137 cm³/mol. The van der Waals surface area contributed by atoms with Crippen molar-refractivity contribution in [2.75, 3.05) is 24.7 Å². The number of aliphatic hydroxyl groups excluding tert-OH is 2. The van der Waals surface area contributed by atoms with E-state index in [9.17, 15) is 24.9 Å². The largest absolute Gasteiger partial charge is 0.480 e. The van der Waals surface area contributed by atoms with Crippen LogP contribution in [0.25, 0.3) is 10.8 Å². The number of hydrogen-bond acceptors (Lipinski definition) is 8. The van der Waals surface area contributed by atoms with E-state index in [4.69, 9.17) is 9.15 Å². The summed E-state index contributed by atoms with van der Waals surface area (Å²) in [6.07, 6.45) is 1.57. The molecule has 10 nitrogen and oxygen atoms in total. The Labute approximate surface area is 218 Å². The molecule has 37 heavy (non-hydrogen) atoms. The molecule has 1 aliphatic heterocycles. The van der Waals surface area contributed by atoms with Crippen LogP contribution in [0.3, 0.4) is 0 Å². The van der Waals surface area contributed by atoms with E-state index in [0.717, 1.165) is 22.4 Å². The zero-order chi connectivity index (χ0) is 26.9. The standard InChI is InChI=1S/C26H31N3O7S/c1-5-16-8-6-7-9-17(16)18(35-13-11-30)14-28-23-19(15(2)20(37-23)21-27-10-12-36-21)22(31)29(25(28)34)26(3,4)24(32)33/h6-10,12,18,22,30-31H,5,11,13-14H2,1-4H3,(H,32,33). The number of rotatable bonds is 10. The minimum atomic E-state index is -1.72. The van der Waals surface area contributed by atoms with Gasteiger partial charge in [0.25, 0.3) is 0 Å². The Kier molecular flexibility index (Phi) is 7.69. The quantitative estimate of drug-likeness (QED) is 0.357. The number of fused-ring (bicyclic) bond motifs is 1. The highest BCUT2D eigenvalue weighted by Gasteiger charge is 2.50. The molecule has 3 aromatic rings. The van der Waals surface area contributed by atoms with E-state index >= 15 is 0 Å². The van der Waals surface area contributed by atoms with Gasteiger partial charge in [0, 0.05) is 5.56 Å². The molecule has 11 heteroatoms. The minimum absolute atomic E-state index is 0.0345. The van der Waals surface area contributed by atoms with Crippen molar-refractivity contribution in [1.29, 1.82) is 0 Å². The van der Waals surface area contributed by atoms with Crippen LogP contribution in [0, 0.1) is 6.92 Å². The molecule has 0 fully saturated rings. The highest BCUT2D eigenvalue weighted by atomic mass is 32.1. The fourth-order valence-corrected chi connectivity index (χ4v) is 5.86. The third-order valence-corrected chi connectivity index (χ3v) is 7.97. The van der Waals surface area contributed by atoms with Crippen LogP contribution in [0.1, 0.15) is 55.4 Å². The molecule has 198 valence electrons. The number of aliphatic carboxylic acids is 1. The number of benzene rings is 1. The molecule has 0 spiro atoms. The van der Waals surface area contributed by atoms with E-state index < -0.39 is 29.9 Å². The van der Waals surface area contributed by atoms with E-state index in [1.165, 1.54) is 42.5 Å². The number of aryl methyl sites for hydroxylation is 1. The number of oxazole rings is 1. The lowest BCUT2D eigenvalue weighted by Crippen LogP contribution is -2.61. The third-order valence-electron chi connectivity index (χ3n) is 6.65. The van der Waals surface area contributed by atoms with Crippen molar-refractivity contribution in [1.82, 2.24) is 9.88 Å². The lowest BCUT2D eigenvalue weighted by molar-refractivity contribution is -0.153. The summed E-state index contributed by atoms with van der Waals surface area (Å²) in [7, 11) is 0. The number of carbonyl (C=O) groups excluding carboxylic acids is 1. The number of carboxylic acid groups (broad SMARTS) is 1. The van der Waals surface area contributed by atoms with Gasteiger partial charge < -0.3 is 24.5 Å². The van der Waals surface area contributed by atoms with Gasteiger partial charge >= 0.3 is 12.0 Å². The minimum Gasteiger partial charge on any atom is -0.480 e. The summed E-state index contributed by atoms with van der Waals surface area (Å²) in [5.41, 5.74) is 1.23. The fraction of sp³-hybridized carbons (Fsp3) is 0.423. The van der Waals surface area contributed by atoms with Crippen LogP contribution in [-0.4, -0.2) is 62.5 Å². The molecule has 3 N–H and O–H groups in total. The SMILES string of the molecule is CCc1ccccc1C(CN1C(=O)N(C(C)(C)C(=O)O)C(O)c2c1sc(-c1ncco1)c2C)OCCO. The Morgan fingerprint density at radius 1 is 1.32 bits per heavy atom. The maximum atomic E-state index is 13.9. The Hall–Kier alpha value is -3.25. The molecule has 0 saturated carbocycles. The highest BCUT2D eigenvalue weighted by molar-refractivity contribution is 7.20. The molecule has 2 atom stereocenters. The zero-order valence-corrected chi connectivity index (χ0v) is 22.0. The Balaban J connectivity index is 1.87. The van der Waals surface area contributed by atoms with Gasteiger partial charge in [-0.1, -0.05) is 31.2 Å². The molecular formula is C26H31N3O7S. The number of nitrogens with zero attached hydrogens (tertiary/aromatic N) is 3. The van der Waals surface area contributed by atoms with Gasteiger partial charge in [-0.2, -0.15) is 0 Å². The van der Waals surface area contributed by atoms with Gasteiger partial charge in [-0.15, -0.1) is 11.3 Å². The first kappa shape index (κ1) is 26.8. The highest BCUT2D eigenvalue weighted by Crippen LogP contribution is 2.50. The van der Waals surface area contributed by atoms with Crippen molar-refractivity contribution in [2.24, 2.45) is 0 Å². The van der Waals surface area contributed by atoms with E-state index in [2.05, 4.69) is 4.98 Å². The van der Waals surface area contributed by atoms with Crippen molar-refractivity contribution >= 4 is 28.3 Å². The predicted octanol–water partition coefficient (Wildman–Crippen LogP) is 4.12. The van der Waals surface area contributed by atoms with Crippen LogP contribution in [0.15, 0.2) is 41.1 Å². The van der Waals surface area contributed by atoms with E-state index in [1.54, 1.807) is 6.92 Å². The molecular weight excluding hydrogens is 498 g/mol. The molecule has 2 aromatic heterocycles. The Morgan fingerprint density at radius 2 is 2.05 bits per heavy atom. The molecule has 2 unspecified atom stereocenters. The number of aromatic nitrogens is 1. The first-order valence-corrected chi connectivity index (χ1v) is 12.8. The monoisotopic (exact) mass is 529 g/mol. The maximum Gasteiger partial charge on any atom is 0.329 e. The average Bonchev–Trinajstić information content (AvgIpc) is 3.51. The molecule has 2 amide bonds. The number of anilines is 1. The third kappa shape index (κ3) is 4.75. The summed E-state index contributed by atoms with van der Waals surface area (Å²) in [6, 6.07) is 7.04. The molecule has 3 heterocycles. The van der Waals surface area contributed by atoms with Crippen molar-refractivity contribution in [3.05, 3.63) is 59.0 Å². The second-order valence-electron chi connectivity index (χ2n) is 9.25. The molecule has 0 radical (unpaired) electrons. The average molecular weight is 530 g/mol. The van der Waals surface area contributed by atoms with Crippen molar-refractivity contribution in [3.63, 3.8) is 0 Å². The first-order valence-electron chi connectivity index (χ1n) is 12.0. The van der Waals surface area contributed by atoms with Crippen LogP contribution >= 0.6 is 11.3 Å². The smallest absolute Gasteiger partial charge is 0.329 e. The van der Waals surface area contributed by atoms with Gasteiger partial charge in [-0.25, -0.2) is 14.6 Å². The van der Waals surface area contributed by atoms with E-state index in [0.29, 0.717) is 26.9 Å². The molecule has 0 bridgehead atoms. The summed E-state index contributed by atoms with van der Waals surface area (Å²) in [5.74, 6) is -0.918. The van der Waals surface area contributed by atoms with E-state index in [1.807, 2.05) is 31.2 Å². The maximum absolute atomic E-state index is 13.9. The van der Waals surface area contributed by atoms with Crippen LogP contribution in [0.5, 0.6) is 0 Å². The summed E-state index contributed by atoms with van der Waals surface area (Å²) < 4.78 is 11.5. The van der Waals surface area contributed by atoms with Crippen molar-refractivity contribution in [2.45, 2.75) is 52.0 Å². The Bertz CT molecular complexity index is 1270. The van der Waals surface area contributed by atoms with Crippen LogP contribution in [0.2, 0.25) is 0 Å². The Morgan fingerprint density at radius 3 is 2.68 bits per heavy atom. The van der Waals surface area contributed by atoms with Crippen LogP contribution < -0.4 is 4.90 Å². The lowest BCUT2D eigenvalue weighted by Gasteiger charge is -2.45. The van der Waals surface area contributed by atoms with Gasteiger partial charge in [0.1, 0.15) is 22.9 Å². The van der Waals surface area contributed by atoms with Crippen molar-refractivity contribution in [3.8, 4) is 10.8 Å². The second kappa shape index (κ2) is 10.6. The molecule has 1 aromatic carbocycles. The molecule has 0 saturated heterocycles. The van der Waals surface area contributed by atoms with Crippen LogP contribution in [0.4, 0.5) is 9.80 Å². The number of carbonyl (C=O) groups is 2. The van der Waals surface area contributed by atoms with Gasteiger partial charge in [-0.05, 0) is 43.9 Å². The number of aliphatic hydroxyl groups is 2.